The smallest absolute Gasteiger partial charge is 0.151 e. The number of hydrogen-bond donors (Lipinski definition) is 5. The number of carbonyl (C=O) groups excluding carboxylic acids is 1. The first-order valence-electron chi connectivity index (χ1n) is 6.32. The van der Waals surface area contributed by atoms with Crippen molar-refractivity contribution in [2.24, 2.45) is 0 Å². The molecule has 0 aromatic carbocycles. The third-order valence-corrected chi connectivity index (χ3v) is 2.12. The molecule has 7 heteroatoms. The van der Waals surface area contributed by atoms with Gasteiger partial charge in [0, 0.05) is 0 Å². The van der Waals surface area contributed by atoms with Gasteiger partial charge in [0.15, 0.2) is 6.29 Å². The molecule has 0 aromatic rings. The summed E-state index contributed by atoms with van der Waals surface area (Å²) in [5, 5.41) is 43.5. The molecule has 0 fully saturated rings. The summed E-state index contributed by atoms with van der Waals surface area (Å²) in [5.74, 6) is 0. The summed E-state index contributed by atoms with van der Waals surface area (Å²) in [6, 6.07) is 0. The Bertz CT molecular complexity index is 302. The molecule has 0 radical (unpaired) electrons. The summed E-state index contributed by atoms with van der Waals surface area (Å²) in [7, 11) is 0. The number of aldehydes is 1. The fourth-order valence-corrected chi connectivity index (χ4v) is 1.02. The molecule has 0 rings (SSSR count). The van der Waals surface area contributed by atoms with Gasteiger partial charge in [0.2, 0.25) is 0 Å². The zero-order chi connectivity index (χ0) is 17.0. The van der Waals surface area contributed by atoms with Crippen LogP contribution >= 0.6 is 0 Å². The Labute approximate surface area is 124 Å². The summed E-state index contributed by atoms with van der Waals surface area (Å²) in [4.78, 5) is 9.90. The van der Waals surface area contributed by atoms with Crippen LogP contribution in [0.5, 0.6) is 0 Å². The zero-order valence-electron chi connectivity index (χ0n) is 12.5. The number of ether oxygens (including phenoxy) is 1. The summed E-state index contributed by atoms with van der Waals surface area (Å²) in [6.07, 6.45) is -6.84. The van der Waals surface area contributed by atoms with E-state index in [1.165, 1.54) is 0 Å². The first-order chi connectivity index (χ1) is 9.67. The fourth-order valence-electron chi connectivity index (χ4n) is 1.02. The van der Waals surface area contributed by atoms with E-state index in [0.29, 0.717) is 13.2 Å². The Morgan fingerprint density at radius 1 is 1.05 bits per heavy atom. The highest BCUT2D eigenvalue weighted by atomic mass is 16.5. The molecular formula is C14H26O7. The van der Waals surface area contributed by atoms with Gasteiger partial charge in [0.1, 0.15) is 24.4 Å². The van der Waals surface area contributed by atoms with Crippen LogP contribution in [0, 0.1) is 0 Å². The van der Waals surface area contributed by atoms with Crippen molar-refractivity contribution in [3.8, 4) is 0 Å². The van der Waals surface area contributed by atoms with Crippen LogP contribution in [0.15, 0.2) is 24.3 Å². The average Bonchev–Trinajstić information content (AvgIpc) is 2.43. The average molecular weight is 306 g/mol. The quantitative estimate of drug-likeness (QED) is 0.267. The molecule has 5 N–H and O–H groups in total. The molecule has 0 aliphatic heterocycles. The van der Waals surface area contributed by atoms with Crippen LogP contribution in [0.3, 0.4) is 0 Å². The normalized spacial score (nSPS) is 16.0. The number of aliphatic hydroxyl groups is 5. The summed E-state index contributed by atoms with van der Waals surface area (Å²) in [5.41, 5.74) is 2.10. The molecule has 0 saturated heterocycles. The second-order valence-electron chi connectivity index (χ2n) is 4.76. The highest BCUT2D eigenvalue weighted by Gasteiger charge is 2.29. The third-order valence-electron chi connectivity index (χ3n) is 2.12. The lowest BCUT2D eigenvalue weighted by Crippen LogP contribution is -2.46. The lowest BCUT2D eigenvalue weighted by molar-refractivity contribution is -0.136. The summed E-state index contributed by atoms with van der Waals surface area (Å²) >= 11 is 0. The van der Waals surface area contributed by atoms with Crippen LogP contribution < -0.4 is 0 Å². The molecule has 0 aliphatic rings. The SMILES string of the molecule is C=C(C)COCC(=C)C.O=C[C@H](O)[C@@H](O)[C@H](O)[C@H](O)CO. The van der Waals surface area contributed by atoms with E-state index < -0.39 is 31.0 Å². The maximum absolute atomic E-state index is 9.90. The lowest BCUT2D eigenvalue weighted by Gasteiger charge is -2.22. The molecule has 0 spiro atoms. The van der Waals surface area contributed by atoms with Crippen LogP contribution in [-0.4, -0.2) is 76.1 Å². The number of carbonyl (C=O) groups is 1. The van der Waals surface area contributed by atoms with Crippen LogP contribution in [0.4, 0.5) is 0 Å². The zero-order valence-corrected chi connectivity index (χ0v) is 12.5. The van der Waals surface area contributed by atoms with Crippen molar-refractivity contribution in [3.05, 3.63) is 24.3 Å². The predicted molar refractivity (Wildman–Crippen MR) is 77.6 cm³/mol. The minimum Gasteiger partial charge on any atom is -0.394 e. The van der Waals surface area contributed by atoms with Crippen molar-refractivity contribution in [2.75, 3.05) is 19.8 Å². The molecule has 124 valence electrons. The van der Waals surface area contributed by atoms with Crippen LogP contribution in [-0.2, 0) is 9.53 Å². The van der Waals surface area contributed by atoms with Gasteiger partial charge in [-0.25, -0.2) is 0 Å². The molecule has 0 unspecified atom stereocenters. The second-order valence-corrected chi connectivity index (χ2v) is 4.76. The van der Waals surface area contributed by atoms with Crippen molar-refractivity contribution in [1.82, 2.24) is 0 Å². The van der Waals surface area contributed by atoms with Crippen molar-refractivity contribution in [2.45, 2.75) is 38.3 Å². The monoisotopic (exact) mass is 306 g/mol. The Morgan fingerprint density at radius 3 is 1.76 bits per heavy atom. The van der Waals surface area contributed by atoms with E-state index in [4.69, 9.17) is 30.3 Å². The van der Waals surface area contributed by atoms with Gasteiger partial charge in [-0.2, -0.15) is 0 Å². The first-order valence-corrected chi connectivity index (χ1v) is 6.32. The Balaban J connectivity index is 0. The standard InChI is InChI=1S/C8H14O.C6H12O6/c1-7(2)5-9-6-8(3)4;7-1-3(9)5(11)6(12)4(10)2-8/h1,3,5-6H2,2,4H3;1,3-6,8-12H,2H2/t;3-,4+,5+,6+/m.0/s1. The largest absolute Gasteiger partial charge is 0.394 e. The molecule has 0 heterocycles. The van der Waals surface area contributed by atoms with E-state index in [0.717, 1.165) is 11.1 Å². The van der Waals surface area contributed by atoms with Crippen molar-refractivity contribution < 1.29 is 35.1 Å². The van der Waals surface area contributed by atoms with E-state index in [1.807, 2.05) is 13.8 Å². The first kappa shape index (κ1) is 22.2. The molecule has 4 atom stereocenters. The minimum atomic E-state index is -1.79. The van der Waals surface area contributed by atoms with E-state index >= 15 is 0 Å². The van der Waals surface area contributed by atoms with Crippen LogP contribution in [0.2, 0.25) is 0 Å². The maximum atomic E-state index is 9.90. The number of hydrogen-bond acceptors (Lipinski definition) is 7. The lowest BCUT2D eigenvalue weighted by atomic mass is 10.0. The van der Waals surface area contributed by atoms with Gasteiger partial charge in [-0.3, -0.25) is 0 Å². The van der Waals surface area contributed by atoms with E-state index in [-0.39, 0.29) is 6.29 Å². The van der Waals surface area contributed by atoms with Crippen molar-refractivity contribution in [1.29, 1.82) is 0 Å². The van der Waals surface area contributed by atoms with Gasteiger partial charge >= 0.3 is 0 Å². The molecule has 21 heavy (non-hydrogen) atoms. The Morgan fingerprint density at radius 2 is 1.48 bits per heavy atom. The van der Waals surface area contributed by atoms with Crippen LogP contribution in [0.25, 0.3) is 0 Å². The third kappa shape index (κ3) is 12.4. The number of rotatable bonds is 9. The van der Waals surface area contributed by atoms with Crippen molar-refractivity contribution >= 4 is 6.29 Å². The molecule has 0 aliphatic carbocycles. The van der Waals surface area contributed by atoms with Crippen molar-refractivity contribution in [3.63, 3.8) is 0 Å². The maximum Gasteiger partial charge on any atom is 0.151 e. The fraction of sp³-hybridized carbons (Fsp3) is 0.643. The molecule has 0 bridgehead atoms. The Kier molecular flexibility index (Phi) is 13.4. The molecule has 0 amide bonds. The number of aliphatic hydroxyl groups excluding tert-OH is 5. The molecule has 7 nitrogen and oxygen atoms in total. The van der Waals surface area contributed by atoms with Gasteiger partial charge in [0.05, 0.1) is 19.8 Å². The topological polar surface area (TPSA) is 127 Å². The molecule has 0 aromatic heterocycles. The second kappa shape index (κ2) is 12.6. The van der Waals surface area contributed by atoms with E-state index in [2.05, 4.69) is 13.2 Å². The molecular weight excluding hydrogens is 280 g/mol. The van der Waals surface area contributed by atoms with E-state index in [1.54, 1.807) is 0 Å². The van der Waals surface area contributed by atoms with Gasteiger partial charge in [-0.1, -0.05) is 24.3 Å². The van der Waals surface area contributed by atoms with Gasteiger partial charge in [0.25, 0.3) is 0 Å². The molecule has 0 saturated carbocycles. The predicted octanol–water partition coefficient (Wildman–Crippen LogP) is -1.22. The van der Waals surface area contributed by atoms with Gasteiger partial charge in [-0.15, -0.1) is 0 Å². The highest BCUT2D eigenvalue weighted by molar-refractivity contribution is 5.56. The van der Waals surface area contributed by atoms with Crippen LogP contribution in [0.1, 0.15) is 13.8 Å². The summed E-state index contributed by atoms with van der Waals surface area (Å²) < 4.78 is 5.16. The Hall–Kier alpha value is -1.09. The minimum absolute atomic E-state index is 0.0258. The van der Waals surface area contributed by atoms with Gasteiger partial charge in [-0.05, 0) is 13.8 Å². The highest BCUT2D eigenvalue weighted by Crippen LogP contribution is 2.02. The van der Waals surface area contributed by atoms with E-state index in [9.17, 15) is 4.79 Å². The summed E-state index contributed by atoms with van der Waals surface area (Å²) in [6.45, 7) is 11.8. The van der Waals surface area contributed by atoms with Gasteiger partial charge < -0.3 is 35.1 Å².